The number of rotatable bonds is 5. The second kappa shape index (κ2) is 9.47. The molecule has 3 atom stereocenters. The molecule has 6 rings (SSSR count). The lowest BCUT2D eigenvalue weighted by Gasteiger charge is -2.35. The van der Waals surface area contributed by atoms with Crippen LogP contribution in [0.2, 0.25) is 0 Å². The van der Waals surface area contributed by atoms with E-state index in [4.69, 9.17) is 9.73 Å². The minimum absolute atomic E-state index is 0.00717. The molecule has 0 bridgehead atoms. The quantitative estimate of drug-likeness (QED) is 0.188. The van der Waals surface area contributed by atoms with Crippen LogP contribution in [0.5, 0.6) is 0 Å². The third-order valence-electron chi connectivity index (χ3n) is 6.77. The molecule has 188 valence electrons. The zero-order valence-corrected chi connectivity index (χ0v) is 21.3. The van der Waals surface area contributed by atoms with Crippen LogP contribution in [0.4, 0.5) is 22.7 Å². The van der Waals surface area contributed by atoms with E-state index in [2.05, 4.69) is 20.8 Å². The average molecular weight is 571 g/mol. The topological polar surface area (TPSA) is 111 Å². The van der Waals surface area contributed by atoms with Gasteiger partial charge in [0.15, 0.2) is 6.23 Å². The molecule has 9 nitrogen and oxygen atoms in total. The van der Waals surface area contributed by atoms with Crippen LogP contribution in [0.3, 0.4) is 0 Å². The van der Waals surface area contributed by atoms with Crippen LogP contribution in [0.15, 0.2) is 107 Å². The zero-order valence-electron chi connectivity index (χ0n) is 19.7. The van der Waals surface area contributed by atoms with Gasteiger partial charge in [-0.25, -0.2) is 4.99 Å². The Morgan fingerprint density at radius 3 is 1.95 bits per heavy atom. The highest BCUT2D eigenvalue weighted by molar-refractivity contribution is 9.10. The molecule has 1 saturated heterocycles. The number of non-ortho nitro benzene ring substituents is 2. The third kappa shape index (κ3) is 4.13. The summed E-state index contributed by atoms with van der Waals surface area (Å²) < 4.78 is 7.67. The molecule has 0 amide bonds. The van der Waals surface area contributed by atoms with Crippen molar-refractivity contribution in [1.29, 1.82) is 0 Å². The fraction of sp³-hybridized carbons (Fsp3) is 0.107. The van der Waals surface area contributed by atoms with Crippen LogP contribution in [0.1, 0.15) is 28.8 Å². The number of aliphatic imine (C=N–C) groups is 1. The van der Waals surface area contributed by atoms with Crippen LogP contribution >= 0.6 is 15.9 Å². The molecule has 0 radical (unpaired) electrons. The second-order valence-electron chi connectivity index (χ2n) is 8.95. The minimum atomic E-state index is -0.563. The summed E-state index contributed by atoms with van der Waals surface area (Å²) in [6.45, 7) is 0. The van der Waals surface area contributed by atoms with Crippen molar-refractivity contribution in [3.8, 4) is 0 Å². The summed E-state index contributed by atoms with van der Waals surface area (Å²) in [6.07, 6.45) is -1.10. The summed E-state index contributed by atoms with van der Waals surface area (Å²) in [6, 6.07) is 28.0. The van der Waals surface area contributed by atoms with Gasteiger partial charge >= 0.3 is 0 Å². The highest BCUT2D eigenvalue weighted by atomic mass is 79.9. The second-order valence-corrected chi connectivity index (χ2v) is 9.87. The normalized spacial score (nSPS) is 19.9. The highest BCUT2D eigenvalue weighted by Gasteiger charge is 2.48. The predicted octanol–water partition coefficient (Wildman–Crippen LogP) is 7.05. The zero-order chi connectivity index (χ0) is 26.4. The van der Waals surface area contributed by atoms with Gasteiger partial charge in [-0.3, -0.25) is 20.2 Å². The van der Waals surface area contributed by atoms with Gasteiger partial charge in [0.2, 0.25) is 0 Å². The number of ether oxygens (including phenoxy) is 1. The number of para-hydroxylation sites is 2. The molecule has 10 heteroatoms. The number of anilines is 1. The lowest BCUT2D eigenvalue weighted by atomic mass is 9.93. The Labute approximate surface area is 225 Å². The predicted molar refractivity (Wildman–Crippen MR) is 146 cm³/mol. The van der Waals surface area contributed by atoms with Gasteiger partial charge in [0.05, 0.1) is 33.0 Å². The SMILES string of the molecule is O=[N+]([O-])c1ccc([C@@H]2O[C@@H]3C(c4ccc(Br)cc4)=Nc4ccccc4N3[C@H]2c2ccc([N+](=O)[O-])cc2)cc1. The maximum Gasteiger partial charge on any atom is 0.269 e. The summed E-state index contributed by atoms with van der Waals surface area (Å²) >= 11 is 3.49. The maximum absolute atomic E-state index is 11.3. The summed E-state index contributed by atoms with van der Waals surface area (Å²) in [7, 11) is 0. The van der Waals surface area contributed by atoms with Gasteiger partial charge in [-0.05, 0) is 47.5 Å². The van der Waals surface area contributed by atoms with Gasteiger partial charge in [-0.2, -0.15) is 0 Å². The molecule has 38 heavy (non-hydrogen) atoms. The van der Waals surface area contributed by atoms with Gasteiger partial charge in [-0.1, -0.05) is 52.3 Å². The van der Waals surface area contributed by atoms with Gasteiger partial charge in [0, 0.05) is 34.3 Å². The van der Waals surface area contributed by atoms with Crippen molar-refractivity contribution in [3.05, 3.63) is 138 Å². The minimum Gasteiger partial charge on any atom is -0.342 e. The summed E-state index contributed by atoms with van der Waals surface area (Å²) in [4.78, 5) is 28.8. The number of hydrogen-bond acceptors (Lipinski definition) is 7. The summed E-state index contributed by atoms with van der Waals surface area (Å²) in [5.74, 6) is 0. The molecule has 2 aliphatic heterocycles. The van der Waals surface area contributed by atoms with Crippen molar-refractivity contribution < 1.29 is 14.6 Å². The van der Waals surface area contributed by atoms with Crippen molar-refractivity contribution in [2.24, 2.45) is 4.99 Å². The van der Waals surface area contributed by atoms with E-state index in [1.54, 1.807) is 24.3 Å². The van der Waals surface area contributed by atoms with E-state index >= 15 is 0 Å². The summed E-state index contributed by atoms with van der Waals surface area (Å²) in [5, 5.41) is 22.6. The average Bonchev–Trinajstić information content (AvgIpc) is 3.34. The van der Waals surface area contributed by atoms with Crippen LogP contribution in [-0.4, -0.2) is 21.8 Å². The Morgan fingerprint density at radius 2 is 1.34 bits per heavy atom. The molecule has 2 heterocycles. The molecule has 0 saturated carbocycles. The van der Waals surface area contributed by atoms with Crippen LogP contribution in [-0.2, 0) is 4.74 Å². The third-order valence-corrected chi connectivity index (χ3v) is 7.30. The number of fused-ring (bicyclic) bond motifs is 3. The maximum atomic E-state index is 11.3. The first kappa shape index (κ1) is 24.0. The molecule has 0 aliphatic carbocycles. The first-order valence-electron chi connectivity index (χ1n) is 11.8. The molecule has 2 aliphatic rings. The Morgan fingerprint density at radius 1 is 0.763 bits per heavy atom. The molecule has 0 N–H and O–H groups in total. The fourth-order valence-electron chi connectivity index (χ4n) is 5.01. The molecule has 1 fully saturated rings. The van der Waals surface area contributed by atoms with Gasteiger partial charge < -0.3 is 9.64 Å². The molecular formula is C28H19BrN4O5. The molecule has 0 unspecified atom stereocenters. The number of nitro groups is 2. The monoisotopic (exact) mass is 570 g/mol. The molecule has 0 spiro atoms. The molecule has 0 aromatic heterocycles. The van der Waals surface area contributed by atoms with Crippen LogP contribution in [0.25, 0.3) is 0 Å². The van der Waals surface area contributed by atoms with Crippen molar-refractivity contribution in [2.45, 2.75) is 18.4 Å². The highest BCUT2D eigenvalue weighted by Crippen LogP contribution is 2.52. The van der Waals surface area contributed by atoms with Crippen LogP contribution in [0, 0.1) is 20.2 Å². The number of hydrogen-bond donors (Lipinski definition) is 0. The van der Waals surface area contributed by atoms with E-state index in [1.807, 2.05) is 48.5 Å². The number of halogens is 1. The van der Waals surface area contributed by atoms with E-state index in [1.165, 1.54) is 24.3 Å². The Hall–Kier alpha value is -4.41. The smallest absolute Gasteiger partial charge is 0.269 e. The van der Waals surface area contributed by atoms with E-state index in [-0.39, 0.29) is 17.4 Å². The largest absolute Gasteiger partial charge is 0.342 e. The number of nitro benzene ring substituents is 2. The molecule has 4 aromatic rings. The number of nitrogens with zero attached hydrogens (tertiary/aromatic N) is 4. The first-order chi connectivity index (χ1) is 18.4. The van der Waals surface area contributed by atoms with Crippen molar-refractivity contribution in [2.75, 3.05) is 4.90 Å². The van der Waals surface area contributed by atoms with E-state index in [9.17, 15) is 20.2 Å². The van der Waals surface area contributed by atoms with Crippen LogP contribution < -0.4 is 4.90 Å². The Balaban J connectivity index is 1.52. The van der Waals surface area contributed by atoms with E-state index in [0.717, 1.165) is 38.2 Å². The summed E-state index contributed by atoms with van der Waals surface area (Å²) in [5.41, 5.74) is 4.81. The van der Waals surface area contributed by atoms with Crippen molar-refractivity contribution in [3.63, 3.8) is 0 Å². The fourth-order valence-corrected chi connectivity index (χ4v) is 5.27. The Kier molecular flexibility index (Phi) is 5.97. The molecule has 4 aromatic carbocycles. The van der Waals surface area contributed by atoms with E-state index < -0.39 is 22.2 Å². The molecular weight excluding hydrogens is 552 g/mol. The van der Waals surface area contributed by atoms with Gasteiger partial charge in [-0.15, -0.1) is 0 Å². The number of benzene rings is 4. The van der Waals surface area contributed by atoms with Crippen molar-refractivity contribution in [1.82, 2.24) is 0 Å². The van der Waals surface area contributed by atoms with E-state index in [0.29, 0.717) is 0 Å². The van der Waals surface area contributed by atoms with Crippen molar-refractivity contribution >= 4 is 44.4 Å². The van der Waals surface area contributed by atoms with Gasteiger partial charge in [0.25, 0.3) is 11.4 Å². The lowest BCUT2D eigenvalue weighted by Crippen LogP contribution is -2.41. The standard InChI is InChI=1S/C28H19BrN4O5/c29-20-11-5-17(6-12-20)25-28-31(24-4-2-1-3-23(24)30-25)26(18-7-13-21(14-8-18)32(34)35)27(38-28)19-9-15-22(16-10-19)33(36)37/h1-16,26-28H/t26-,27-,28+/m0/s1. The Bertz CT molecular complexity index is 1570. The lowest BCUT2D eigenvalue weighted by molar-refractivity contribution is -0.385. The van der Waals surface area contributed by atoms with Gasteiger partial charge in [0.1, 0.15) is 6.10 Å². The first-order valence-corrected chi connectivity index (χ1v) is 12.6.